The molecule has 1 fully saturated rings. The molecule has 2 unspecified atom stereocenters. The number of rotatable bonds is 4. The summed E-state index contributed by atoms with van der Waals surface area (Å²) in [5.41, 5.74) is 1.05. The summed E-state index contributed by atoms with van der Waals surface area (Å²) in [6, 6.07) is 5.52. The molecular formula is C14H16BrNO3. The van der Waals surface area contributed by atoms with Gasteiger partial charge in [-0.15, -0.1) is 0 Å². The Balaban J connectivity index is 1.83. The number of fused-ring (bicyclic) bond motifs is 1. The van der Waals surface area contributed by atoms with Crippen molar-refractivity contribution in [3.63, 3.8) is 0 Å². The van der Waals surface area contributed by atoms with E-state index in [0.717, 1.165) is 35.0 Å². The molecule has 1 aromatic rings. The van der Waals surface area contributed by atoms with E-state index in [-0.39, 0.29) is 12.0 Å². The zero-order chi connectivity index (χ0) is 13.4. The summed E-state index contributed by atoms with van der Waals surface area (Å²) in [6.45, 7) is 0.615. The number of hydrogen-bond acceptors (Lipinski definition) is 3. The molecule has 0 aromatic heterocycles. The van der Waals surface area contributed by atoms with E-state index in [1.54, 1.807) is 0 Å². The van der Waals surface area contributed by atoms with Gasteiger partial charge in [-0.3, -0.25) is 10.1 Å². The summed E-state index contributed by atoms with van der Waals surface area (Å²) in [5.74, 6) is 0.382. The summed E-state index contributed by atoms with van der Waals surface area (Å²) in [5, 5.41) is 12.6. The summed E-state index contributed by atoms with van der Waals surface area (Å²) in [4.78, 5) is 11.3. The van der Waals surface area contributed by atoms with Gasteiger partial charge in [-0.1, -0.05) is 12.1 Å². The number of hydrogen-bond donors (Lipinski definition) is 2. The van der Waals surface area contributed by atoms with Crippen LogP contribution in [0.25, 0.3) is 0 Å². The Morgan fingerprint density at radius 3 is 2.89 bits per heavy atom. The van der Waals surface area contributed by atoms with E-state index in [0.29, 0.717) is 6.61 Å². The molecule has 0 bridgehead atoms. The van der Waals surface area contributed by atoms with Crippen molar-refractivity contribution in [3.05, 3.63) is 28.2 Å². The van der Waals surface area contributed by atoms with Gasteiger partial charge in [0.05, 0.1) is 11.1 Å². The average Bonchev–Trinajstić information content (AvgIpc) is 3.20. The Kier molecular flexibility index (Phi) is 3.50. The number of carboxylic acids is 1. The molecule has 4 nitrogen and oxygen atoms in total. The Morgan fingerprint density at radius 2 is 2.21 bits per heavy atom. The predicted molar refractivity (Wildman–Crippen MR) is 74.3 cm³/mol. The molecule has 3 rings (SSSR count). The number of ether oxygens (including phenoxy) is 1. The molecule has 1 aromatic carbocycles. The first-order chi connectivity index (χ1) is 9.16. The zero-order valence-corrected chi connectivity index (χ0v) is 12.0. The summed E-state index contributed by atoms with van der Waals surface area (Å²) < 4.78 is 6.59. The lowest BCUT2D eigenvalue weighted by molar-refractivity contribution is -0.140. The number of para-hydroxylation sites is 1. The number of carbonyl (C=O) groups is 1. The van der Waals surface area contributed by atoms with Crippen LogP contribution in [0.15, 0.2) is 22.7 Å². The summed E-state index contributed by atoms with van der Waals surface area (Å²) >= 11 is 3.48. The summed E-state index contributed by atoms with van der Waals surface area (Å²) in [7, 11) is 0. The molecule has 0 saturated heterocycles. The first-order valence-corrected chi connectivity index (χ1v) is 7.36. The Labute approximate surface area is 120 Å². The molecule has 2 N–H and O–H groups in total. The van der Waals surface area contributed by atoms with E-state index in [9.17, 15) is 9.90 Å². The molecule has 0 radical (unpaired) electrons. The average molecular weight is 326 g/mol. The number of aliphatic carboxylic acids is 1. The van der Waals surface area contributed by atoms with Crippen LogP contribution < -0.4 is 10.1 Å². The van der Waals surface area contributed by atoms with Crippen LogP contribution in [0, 0.1) is 5.92 Å². The fourth-order valence-electron chi connectivity index (χ4n) is 2.61. The largest absolute Gasteiger partial charge is 0.492 e. The molecule has 1 saturated carbocycles. The van der Waals surface area contributed by atoms with Gasteiger partial charge in [0.15, 0.2) is 0 Å². The van der Waals surface area contributed by atoms with Crippen molar-refractivity contribution in [3.8, 4) is 5.75 Å². The quantitative estimate of drug-likeness (QED) is 0.893. The minimum absolute atomic E-state index is 0.0583. The lowest BCUT2D eigenvalue weighted by Gasteiger charge is -2.29. The van der Waals surface area contributed by atoms with Gasteiger partial charge in [0.1, 0.15) is 11.8 Å². The van der Waals surface area contributed by atoms with Crippen molar-refractivity contribution in [2.45, 2.75) is 31.3 Å². The van der Waals surface area contributed by atoms with E-state index in [2.05, 4.69) is 21.2 Å². The Morgan fingerprint density at radius 1 is 1.42 bits per heavy atom. The van der Waals surface area contributed by atoms with Crippen molar-refractivity contribution < 1.29 is 14.6 Å². The molecule has 1 heterocycles. The first-order valence-electron chi connectivity index (χ1n) is 6.57. The van der Waals surface area contributed by atoms with Crippen LogP contribution in [-0.2, 0) is 4.79 Å². The second kappa shape index (κ2) is 5.13. The standard InChI is InChI=1S/C14H16BrNO3/c15-10-3-1-2-9-11(6-7-19-13(9)10)16-12(14(17)18)8-4-5-8/h1-3,8,11-12,16H,4-7H2,(H,17,18). The monoisotopic (exact) mass is 325 g/mol. The molecular weight excluding hydrogens is 310 g/mol. The number of halogens is 1. The van der Waals surface area contributed by atoms with Gasteiger partial charge in [0, 0.05) is 18.0 Å². The van der Waals surface area contributed by atoms with E-state index in [4.69, 9.17) is 4.74 Å². The number of nitrogens with one attached hydrogen (secondary N) is 1. The molecule has 2 aliphatic rings. The van der Waals surface area contributed by atoms with Gasteiger partial charge in [0.25, 0.3) is 0 Å². The van der Waals surface area contributed by atoms with E-state index < -0.39 is 12.0 Å². The molecule has 1 aliphatic carbocycles. The maximum Gasteiger partial charge on any atom is 0.320 e. The minimum Gasteiger partial charge on any atom is -0.492 e. The molecule has 5 heteroatoms. The highest BCUT2D eigenvalue weighted by Crippen LogP contribution is 2.40. The summed E-state index contributed by atoms with van der Waals surface area (Å²) in [6.07, 6.45) is 2.83. The van der Waals surface area contributed by atoms with E-state index >= 15 is 0 Å². The number of benzene rings is 1. The zero-order valence-electron chi connectivity index (χ0n) is 10.4. The fourth-order valence-corrected chi connectivity index (χ4v) is 3.11. The minimum atomic E-state index is -0.745. The highest BCUT2D eigenvalue weighted by molar-refractivity contribution is 9.10. The van der Waals surface area contributed by atoms with Crippen LogP contribution >= 0.6 is 15.9 Å². The van der Waals surface area contributed by atoms with Gasteiger partial charge in [-0.25, -0.2) is 0 Å². The molecule has 0 spiro atoms. The van der Waals surface area contributed by atoms with Crippen molar-refractivity contribution in [2.24, 2.45) is 5.92 Å². The van der Waals surface area contributed by atoms with Crippen molar-refractivity contribution in [2.75, 3.05) is 6.61 Å². The number of carboxylic acid groups (broad SMARTS) is 1. The van der Waals surface area contributed by atoms with E-state index in [1.165, 1.54) is 0 Å². The molecule has 2 atom stereocenters. The lowest BCUT2D eigenvalue weighted by Crippen LogP contribution is -2.42. The SMILES string of the molecule is O=C(O)C(NC1CCOc2c(Br)cccc21)C1CC1. The molecule has 102 valence electrons. The fraction of sp³-hybridized carbons (Fsp3) is 0.500. The van der Waals surface area contributed by atoms with Crippen LogP contribution in [0.1, 0.15) is 30.9 Å². The Hall–Kier alpha value is -1.07. The van der Waals surface area contributed by atoms with Crippen LogP contribution in [-0.4, -0.2) is 23.7 Å². The molecule has 19 heavy (non-hydrogen) atoms. The smallest absolute Gasteiger partial charge is 0.320 e. The third kappa shape index (κ3) is 2.62. The van der Waals surface area contributed by atoms with Crippen molar-refractivity contribution >= 4 is 21.9 Å². The van der Waals surface area contributed by atoms with Crippen molar-refractivity contribution in [1.82, 2.24) is 5.32 Å². The first kappa shape index (κ1) is 12.9. The van der Waals surface area contributed by atoms with Gasteiger partial charge in [-0.05, 0) is 40.8 Å². The second-order valence-electron chi connectivity index (χ2n) is 5.17. The van der Waals surface area contributed by atoms with Gasteiger partial charge < -0.3 is 9.84 Å². The van der Waals surface area contributed by atoms with Crippen LogP contribution in [0.3, 0.4) is 0 Å². The van der Waals surface area contributed by atoms with Crippen LogP contribution in [0.4, 0.5) is 0 Å². The van der Waals surface area contributed by atoms with Crippen molar-refractivity contribution in [1.29, 1.82) is 0 Å². The normalized spacial score (nSPS) is 23.3. The van der Waals surface area contributed by atoms with Gasteiger partial charge in [-0.2, -0.15) is 0 Å². The second-order valence-corrected chi connectivity index (χ2v) is 6.02. The Bertz CT molecular complexity index is 501. The predicted octanol–water partition coefficient (Wildman–Crippen LogP) is 2.73. The highest BCUT2D eigenvalue weighted by Gasteiger charge is 2.38. The third-order valence-electron chi connectivity index (χ3n) is 3.77. The molecule has 1 aliphatic heterocycles. The highest BCUT2D eigenvalue weighted by atomic mass is 79.9. The lowest BCUT2D eigenvalue weighted by atomic mass is 9.99. The molecule has 0 amide bonds. The topological polar surface area (TPSA) is 58.6 Å². The van der Waals surface area contributed by atoms with Crippen LogP contribution in [0.5, 0.6) is 5.75 Å². The van der Waals surface area contributed by atoms with Gasteiger partial charge in [0.2, 0.25) is 0 Å². The maximum absolute atomic E-state index is 11.3. The van der Waals surface area contributed by atoms with E-state index in [1.807, 2.05) is 18.2 Å². The third-order valence-corrected chi connectivity index (χ3v) is 4.39. The van der Waals surface area contributed by atoms with Gasteiger partial charge >= 0.3 is 5.97 Å². The van der Waals surface area contributed by atoms with Crippen LogP contribution in [0.2, 0.25) is 0 Å². The maximum atomic E-state index is 11.3.